The molecule has 1 saturated carbocycles. The molecule has 0 spiro atoms. The first-order valence-electron chi connectivity index (χ1n) is 4.69. The monoisotopic (exact) mass is 190 g/mol. The van der Waals surface area contributed by atoms with Crippen LogP contribution in [0.2, 0.25) is 0 Å². The van der Waals surface area contributed by atoms with Gasteiger partial charge in [0.2, 0.25) is 0 Å². The number of aliphatic hydroxyl groups is 2. The third-order valence-electron chi connectivity index (χ3n) is 2.41. The van der Waals surface area contributed by atoms with Crippen molar-refractivity contribution in [1.82, 2.24) is 0 Å². The van der Waals surface area contributed by atoms with Crippen molar-refractivity contribution in [2.45, 2.75) is 31.8 Å². The van der Waals surface area contributed by atoms with Gasteiger partial charge in [0, 0.05) is 5.75 Å². The zero-order valence-electron chi connectivity index (χ0n) is 7.41. The molecule has 12 heavy (non-hydrogen) atoms. The fraction of sp³-hybridized carbons (Fsp3) is 1.00. The standard InChI is InChI=1S/C9H18O2S/c10-5-6-12-7-8-1-3-9(11)4-2-8/h8-11H,1-7H2. The molecular formula is C9H18O2S. The maximum atomic E-state index is 9.25. The van der Waals surface area contributed by atoms with E-state index in [1.54, 1.807) is 0 Å². The van der Waals surface area contributed by atoms with E-state index in [0.29, 0.717) is 6.61 Å². The average molecular weight is 190 g/mol. The van der Waals surface area contributed by atoms with E-state index in [2.05, 4.69) is 0 Å². The molecule has 0 aromatic rings. The number of hydrogen-bond donors (Lipinski definition) is 2. The van der Waals surface area contributed by atoms with Crippen LogP contribution in [-0.4, -0.2) is 34.4 Å². The Labute approximate surface area is 78.4 Å². The normalized spacial score (nSPS) is 30.5. The van der Waals surface area contributed by atoms with Crippen LogP contribution in [0.1, 0.15) is 25.7 Å². The topological polar surface area (TPSA) is 40.5 Å². The highest BCUT2D eigenvalue weighted by Crippen LogP contribution is 2.26. The van der Waals surface area contributed by atoms with Crippen LogP contribution in [0, 0.1) is 5.92 Å². The van der Waals surface area contributed by atoms with Crippen molar-refractivity contribution in [1.29, 1.82) is 0 Å². The molecule has 0 atom stereocenters. The third-order valence-corrected chi connectivity index (χ3v) is 3.58. The largest absolute Gasteiger partial charge is 0.396 e. The molecule has 1 rings (SSSR count). The van der Waals surface area contributed by atoms with Crippen LogP contribution >= 0.6 is 11.8 Å². The smallest absolute Gasteiger partial charge is 0.0540 e. The lowest BCUT2D eigenvalue weighted by molar-refractivity contribution is 0.113. The Morgan fingerprint density at radius 3 is 2.42 bits per heavy atom. The van der Waals surface area contributed by atoms with Crippen molar-refractivity contribution in [3.8, 4) is 0 Å². The Morgan fingerprint density at radius 2 is 1.83 bits per heavy atom. The van der Waals surface area contributed by atoms with Gasteiger partial charge in [-0.3, -0.25) is 0 Å². The molecule has 1 aliphatic carbocycles. The summed E-state index contributed by atoms with van der Waals surface area (Å²) in [6.45, 7) is 0.292. The van der Waals surface area contributed by atoms with E-state index in [1.165, 1.54) is 12.8 Å². The molecule has 1 fully saturated rings. The Bertz CT molecular complexity index is 111. The van der Waals surface area contributed by atoms with Gasteiger partial charge in [-0.05, 0) is 37.4 Å². The van der Waals surface area contributed by atoms with Crippen molar-refractivity contribution in [2.75, 3.05) is 18.1 Å². The van der Waals surface area contributed by atoms with Gasteiger partial charge in [0.25, 0.3) is 0 Å². The summed E-state index contributed by atoms with van der Waals surface area (Å²) >= 11 is 1.83. The van der Waals surface area contributed by atoms with Gasteiger partial charge in [-0.2, -0.15) is 11.8 Å². The van der Waals surface area contributed by atoms with Crippen molar-refractivity contribution in [3.05, 3.63) is 0 Å². The summed E-state index contributed by atoms with van der Waals surface area (Å²) in [4.78, 5) is 0. The van der Waals surface area contributed by atoms with Crippen LogP contribution in [0.4, 0.5) is 0 Å². The molecule has 0 saturated heterocycles. The molecule has 0 aromatic carbocycles. The molecule has 0 heterocycles. The highest BCUT2D eigenvalue weighted by Gasteiger charge is 2.18. The highest BCUT2D eigenvalue weighted by molar-refractivity contribution is 7.99. The lowest BCUT2D eigenvalue weighted by atomic mass is 9.89. The van der Waals surface area contributed by atoms with Gasteiger partial charge < -0.3 is 10.2 Å². The van der Waals surface area contributed by atoms with Crippen LogP contribution in [-0.2, 0) is 0 Å². The van der Waals surface area contributed by atoms with E-state index >= 15 is 0 Å². The van der Waals surface area contributed by atoms with Crippen molar-refractivity contribution in [2.24, 2.45) is 5.92 Å². The molecule has 2 nitrogen and oxygen atoms in total. The average Bonchev–Trinajstić information content (AvgIpc) is 2.09. The summed E-state index contributed by atoms with van der Waals surface area (Å²) in [5.74, 6) is 2.80. The second-order valence-corrected chi connectivity index (χ2v) is 4.62. The summed E-state index contributed by atoms with van der Waals surface area (Å²) in [5, 5.41) is 17.8. The molecule has 0 amide bonds. The maximum Gasteiger partial charge on any atom is 0.0540 e. The van der Waals surface area contributed by atoms with E-state index in [-0.39, 0.29) is 6.10 Å². The minimum Gasteiger partial charge on any atom is -0.396 e. The molecule has 72 valence electrons. The fourth-order valence-corrected chi connectivity index (χ4v) is 2.59. The predicted octanol–water partition coefficient (Wildman–Crippen LogP) is 1.26. The zero-order chi connectivity index (χ0) is 8.81. The first-order valence-corrected chi connectivity index (χ1v) is 5.85. The van der Waals surface area contributed by atoms with Crippen LogP contribution in [0.3, 0.4) is 0 Å². The van der Waals surface area contributed by atoms with Gasteiger partial charge in [0.1, 0.15) is 0 Å². The van der Waals surface area contributed by atoms with E-state index in [1.807, 2.05) is 11.8 Å². The molecular weight excluding hydrogens is 172 g/mol. The summed E-state index contributed by atoms with van der Waals surface area (Å²) in [7, 11) is 0. The molecule has 0 bridgehead atoms. The van der Waals surface area contributed by atoms with Gasteiger partial charge in [-0.1, -0.05) is 0 Å². The first-order chi connectivity index (χ1) is 5.83. The van der Waals surface area contributed by atoms with Crippen LogP contribution in [0.25, 0.3) is 0 Å². The molecule has 0 unspecified atom stereocenters. The van der Waals surface area contributed by atoms with Crippen molar-refractivity contribution < 1.29 is 10.2 Å². The molecule has 1 aliphatic rings. The Morgan fingerprint density at radius 1 is 1.17 bits per heavy atom. The van der Waals surface area contributed by atoms with Gasteiger partial charge in [0.15, 0.2) is 0 Å². The van der Waals surface area contributed by atoms with Crippen molar-refractivity contribution in [3.63, 3.8) is 0 Å². The summed E-state index contributed by atoms with van der Waals surface area (Å²) in [6.07, 6.45) is 4.25. The maximum absolute atomic E-state index is 9.25. The van der Waals surface area contributed by atoms with E-state index < -0.39 is 0 Å². The molecule has 0 aliphatic heterocycles. The van der Waals surface area contributed by atoms with Gasteiger partial charge in [-0.25, -0.2) is 0 Å². The van der Waals surface area contributed by atoms with E-state index in [9.17, 15) is 5.11 Å². The molecule has 3 heteroatoms. The summed E-state index contributed by atoms with van der Waals surface area (Å²) in [6, 6.07) is 0. The summed E-state index contributed by atoms with van der Waals surface area (Å²) < 4.78 is 0. The van der Waals surface area contributed by atoms with Gasteiger partial charge in [0.05, 0.1) is 12.7 Å². The quantitative estimate of drug-likeness (QED) is 0.656. The highest BCUT2D eigenvalue weighted by atomic mass is 32.2. The molecule has 2 N–H and O–H groups in total. The SMILES string of the molecule is OCCSCC1CCC(O)CC1. The van der Waals surface area contributed by atoms with E-state index in [0.717, 1.165) is 30.3 Å². The Kier molecular flexibility index (Phi) is 5.04. The fourth-order valence-electron chi connectivity index (χ4n) is 1.63. The molecule has 0 radical (unpaired) electrons. The summed E-state index contributed by atoms with van der Waals surface area (Å²) in [5.41, 5.74) is 0. The second-order valence-electron chi connectivity index (χ2n) is 3.47. The second kappa shape index (κ2) is 5.84. The lowest BCUT2D eigenvalue weighted by Gasteiger charge is -2.24. The third kappa shape index (κ3) is 3.78. The van der Waals surface area contributed by atoms with Crippen LogP contribution < -0.4 is 0 Å². The Balaban J connectivity index is 2.01. The molecule has 0 aromatic heterocycles. The minimum atomic E-state index is -0.0379. The number of aliphatic hydroxyl groups excluding tert-OH is 2. The van der Waals surface area contributed by atoms with Gasteiger partial charge in [-0.15, -0.1) is 0 Å². The van der Waals surface area contributed by atoms with Crippen molar-refractivity contribution >= 4 is 11.8 Å². The zero-order valence-corrected chi connectivity index (χ0v) is 8.22. The van der Waals surface area contributed by atoms with Crippen LogP contribution in [0.15, 0.2) is 0 Å². The van der Waals surface area contributed by atoms with Gasteiger partial charge >= 0.3 is 0 Å². The number of rotatable bonds is 4. The van der Waals surface area contributed by atoms with Crippen LogP contribution in [0.5, 0.6) is 0 Å². The number of thioether (sulfide) groups is 1. The Hall–Kier alpha value is 0.270. The van der Waals surface area contributed by atoms with E-state index in [4.69, 9.17) is 5.11 Å². The predicted molar refractivity (Wildman–Crippen MR) is 52.4 cm³/mol. The first kappa shape index (κ1) is 10.4. The number of hydrogen-bond acceptors (Lipinski definition) is 3. The minimum absolute atomic E-state index is 0.0379. The lowest BCUT2D eigenvalue weighted by Crippen LogP contribution is -2.19.